The molecule has 1 heterocycles. The molecule has 0 radical (unpaired) electrons. The van der Waals surface area contributed by atoms with Gasteiger partial charge in [-0.1, -0.05) is 29.8 Å². The number of aromatic amines is 1. The topological polar surface area (TPSA) is 69.8 Å². The molecule has 0 unspecified atom stereocenters. The molecule has 1 aromatic heterocycles. The number of aryl methyl sites for hydroxylation is 1. The molecular weight excluding hydrogens is 276 g/mol. The van der Waals surface area contributed by atoms with Crippen LogP contribution in [0.1, 0.15) is 24.4 Å². The lowest BCUT2D eigenvalue weighted by atomic mass is 10.2. The highest BCUT2D eigenvalue weighted by Gasteiger charge is 2.13. The first kappa shape index (κ1) is 14.1. The van der Waals surface area contributed by atoms with E-state index in [0.29, 0.717) is 0 Å². The Morgan fingerprint density at radius 1 is 1.14 bits per heavy atom. The summed E-state index contributed by atoms with van der Waals surface area (Å²) in [6.07, 6.45) is 0. The molecule has 5 nitrogen and oxygen atoms in total. The maximum Gasteiger partial charge on any atom is 0.319 e. The molecule has 0 saturated heterocycles. The highest BCUT2D eigenvalue weighted by Crippen LogP contribution is 2.16. The number of fused-ring (bicyclic) bond motifs is 1. The van der Waals surface area contributed by atoms with E-state index in [1.165, 1.54) is 0 Å². The first-order chi connectivity index (χ1) is 10.6. The van der Waals surface area contributed by atoms with Gasteiger partial charge in [-0.15, -0.1) is 0 Å². The molecule has 3 N–H and O–H groups in total. The van der Waals surface area contributed by atoms with Crippen LogP contribution in [0.5, 0.6) is 0 Å². The largest absolute Gasteiger partial charge is 0.340 e. The Kier molecular flexibility index (Phi) is 3.78. The predicted molar refractivity (Wildman–Crippen MR) is 87.8 cm³/mol. The third-order valence-corrected chi connectivity index (χ3v) is 3.47. The van der Waals surface area contributed by atoms with Crippen molar-refractivity contribution in [1.29, 1.82) is 0 Å². The fourth-order valence-corrected chi connectivity index (χ4v) is 2.25. The van der Waals surface area contributed by atoms with Gasteiger partial charge in [-0.05, 0) is 38.1 Å². The maximum atomic E-state index is 12.0. The molecule has 0 fully saturated rings. The molecule has 2 aromatic carbocycles. The van der Waals surface area contributed by atoms with Gasteiger partial charge in [0.05, 0.1) is 17.1 Å². The van der Waals surface area contributed by atoms with Crippen LogP contribution in [-0.4, -0.2) is 16.0 Å². The number of carbonyl (C=O) groups is 1. The average molecular weight is 294 g/mol. The Labute approximate surface area is 128 Å². The van der Waals surface area contributed by atoms with Crippen molar-refractivity contribution < 1.29 is 4.79 Å². The fraction of sp³-hybridized carbons (Fsp3) is 0.176. The van der Waals surface area contributed by atoms with Crippen molar-refractivity contribution in [3.05, 3.63) is 59.9 Å². The zero-order valence-electron chi connectivity index (χ0n) is 12.6. The summed E-state index contributed by atoms with van der Waals surface area (Å²) in [5, 5.41) is 5.69. The number of carbonyl (C=O) groups excluding carboxylic acids is 1. The molecule has 3 aromatic rings. The molecule has 5 heteroatoms. The minimum Gasteiger partial charge on any atom is -0.340 e. The second-order valence-electron chi connectivity index (χ2n) is 5.33. The zero-order valence-corrected chi connectivity index (χ0v) is 12.6. The summed E-state index contributed by atoms with van der Waals surface area (Å²) >= 11 is 0. The number of nitrogens with one attached hydrogen (secondary N) is 3. The van der Waals surface area contributed by atoms with E-state index in [-0.39, 0.29) is 12.1 Å². The van der Waals surface area contributed by atoms with Gasteiger partial charge in [0.1, 0.15) is 5.82 Å². The Bertz CT molecular complexity index is 759. The van der Waals surface area contributed by atoms with Crippen molar-refractivity contribution in [1.82, 2.24) is 15.3 Å². The molecule has 3 rings (SSSR count). The number of rotatable bonds is 3. The van der Waals surface area contributed by atoms with E-state index in [0.717, 1.165) is 28.1 Å². The monoisotopic (exact) mass is 294 g/mol. The van der Waals surface area contributed by atoms with E-state index in [1.54, 1.807) is 0 Å². The van der Waals surface area contributed by atoms with Crippen molar-refractivity contribution in [2.24, 2.45) is 0 Å². The van der Waals surface area contributed by atoms with Gasteiger partial charge in [-0.25, -0.2) is 9.78 Å². The zero-order chi connectivity index (χ0) is 15.5. The Balaban J connectivity index is 1.66. The molecule has 0 bridgehead atoms. The number of anilines is 1. The molecule has 0 aliphatic heterocycles. The molecule has 2 amide bonds. The Morgan fingerprint density at radius 3 is 2.59 bits per heavy atom. The van der Waals surface area contributed by atoms with E-state index < -0.39 is 0 Å². The second-order valence-corrected chi connectivity index (χ2v) is 5.33. The lowest BCUT2D eigenvalue weighted by molar-refractivity contribution is 0.249. The van der Waals surface area contributed by atoms with Crippen LogP contribution in [0.4, 0.5) is 10.5 Å². The third kappa shape index (κ3) is 3.09. The van der Waals surface area contributed by atoms with Crippen LogP contribution in [-0.2, 0) is 0 Å². The van der Waals surface area contributed by atoms with Crippen LogP contribution in [0.15, 0.2) is 48.5 Å². The Hall–Kier alpha value is -2.82. The van der Waals surface area contributed by atoms with Gasteiger partial charge in [0.25, 0.3) is 0 Å². The van der Waals surface area contributed by atoms with Gasteiger partial charge < -0.3 is 15.6 Å². The van der Waals surface area contributed by atoms with Gasteiger partial charge >= 0.3 is 6.03 Å². The van der Waals surface area contributed by atoms with Crippen LogP contribution < -0.4 is 10.6 Å². The van der Waals surface area contributed by atoms with E-state index in [9.17, 15) is 4.79 Å². The van der Waals surface area contributed by atoms with E-state index in [1.807, 2.05) is 62.4 Å². The van der Waals surface area contributed by atoms with Crippen molar-refractivity contribution in [3.63, 3.8) is 0 Å². The summed E-state index contributed by atoms with van der Waals surface area (Å²) in [7, 11) is 0. The lowest BCUT2D eigenvalue weighted by Gasteiger charge is -2.12. The summed E-state index contributed by atoms with van der Waals surface area (Å²) < 4.78 is 0. The van der Waals surface area contributed by atoms with Crippen LogP contribution >= 0.6 is 0 Å². The van der Waals surface area contributed by atoms with E-state index >= 15 is 0 Å². The van der Waals surface area contributed by atoms with Crippen LogP contribution in [0.2, 0.25) is 0 Å². The normalized spacial score (nSPS) is 12.1. The number of hydrogen-bond donors (Lipinski definition) is 3. The third-order valence-electron chi connectivity index (χ3n) is 3.47. The SMILES string of the molecule is Cc1ccc(NC(=O)N[C@@H](C)c2nc3ccccc3[nH]2)cc1. The van der Waals surface area contributed by atoms with Gasteiger partial charge in [0, 0.05) is 5.69 Å². The minimum absolute atomic E-state index is 0.210. The van der Waals surface area contributed by atoms with Crippen LogP contribution in [0.25, 0.3) is 11.0 Å². The molecule has 0 aliphatic carbocycles. The van der Waals surface area contributed by atoms with Gasteiger partial charge in [-0.2, -0.15) is 0 Å². The molecule has 0 aliphatic rings. The van der Waals surface area contributed by atoms with Crippen molar-refractivity contribution in [2.45, 2.75) is 19.9 Å². The highest BCUT2D eigenvalue weighted by atomic mass is 16.2. The Morgan fingerprint density at radius 2 is 1.86 bits per heavy atom. The number of imidazole rings is 1. The number of H-pyrrole nitrogens is 1. The molecule has 0 spiro atoms. The number of para-hydroxylation sites is 2. The molecule has 22 heavy (non-hydrogen) atoms. The van der Waals surface area contributed by atoms with Gasteiger partial charge in [-0.3, -0.25) is 0 Å². The van der Waals surface area contributed by atoms with Crippen LogP contribution in [0, 0.1) is 6.92 Å². The first-order valence-corrected chi connectivity index (χ1v) is 7.20. The quantitative estimate of drug-likeness (QED) is 0.688. The van der Waals surface area contributed by atoms with E-state index in [2.05, 4.69) is 20.6 Å². The highest BCUT2D eigenvalue weighted by molar-refractivity contribution is 5.89. The van der Waals surface area contributed by atoms with Gasteiger partial charge in [0.15, 0.2) is 0 Å². The lowest BCUT2D eigenvalue weighted by Crippen LogP contribution is -2.31. The number of aromatic nitrogens is 2. The minimum atomic E-state index is -0.253. The number of benzene rings is 2. The average Bonchev–Trinajstić information content (AvgIpc) is 2.93. The molecule has 112 valence electrons. The standard InChI is InChI=1S/C17H18N4O/c1-11-7-9-13(10-8-11)19-17(22)18-12(2)16-20-14-5-3-4-6-15(14)21-16/h3-10,12H,1-2H3,(H,20,21)(H2,18,19,22)/t12-/m0/s1. The smallest absolute Gasteiger partial charge is 0.319 e. The van der Waals surface area contributed by atoms with Gasteiger partial charge in [0.2, 0.25) is 0 Å². The second kappa shape index (κ2) is 5.89. The first-order valence-electron chi connectivity index (χ1n) is 7.20. The van der Waals surface area contributed by atoms with Crippen molar-refractivity contribution in [2.75, 3.05) is 5.32 Å². The fourth-order valence-electron chi connectivity index (χ4n) is 2.25. The number of nitrogens with zero attached hydrogens (tertiary/aromatic N) is 1. The van der Waals surface area contributed by atoms with Crippen LogP contribution in [0.3, 0.4) is 0 Å². The number of urea groups is 1. The summed E-state index contributed by atoms with van der Waals surface area (Å²) in [6, 6.07) is 15.0. The summed E-state index contributed by atoms with van der Waals surface area (Å²) in [6.45, 7) is 3.90. The summed E-state index contributed by atoms with van der Waals surface area (Å²) in [5.74, 6) is 0.736. The number of hydrogen-bond acceptors (Lipinski definition) is 2. The molecule has 1 atom stereocenters. The predicted octanol–water partition coefficient (Wildman–Crippen LogP) is 3.75. The van der Waals surface area contributed by atoms with Crippen molar-refractivity contribution >= 4 is 22.8 Å². The summed E-state index contributed by atoms with van der Waals surface area (Å²) in [4.78, 5) is 19.7. The number of amides is 2. The van der Waals surface area contributed by atoms with Crippen molar-refractivity contribution in [3.8, 4) is 0 Å². The maximum absolute atomic E-state index is 12.0. The molecular formula is C17H18N4O. The van der Waals surface area contributed by atoms with E-state index in [4.69, 9.17) is 0 Å². The molecule has 0 saturated carbocycles. The summed E-state index contributed by atoms with van der Waals surface area (Å²) in [5.41, 5.74) is 3.77.